The maximum absolute atomic E-state index is 12.6. The molecule has 0 aliphatic rings. The summed E-state index contributed by atoms with van der Waals surface area (Å²) in [6.07, 6.45) is 0. The van der Waals surface area contributed by atoms with Crippen molar-refractivity contribution in [3.63, 3.8) is 0 Å². The van der Waals surface area contributed by atoms with Crippen LogP contribution in [0, 0.1) is 6.92 Å². The van der Waals surface area contributed by atoms with Crippen LogP contribution in [0.5, 0.6) is 0 Å². The lowest BCUT2D eigenvalue weighted by Crippen LogP contribution is -2.14. The largest absolute Gasteiger partial charge is 0.322 e. The monoisotopic (exact) mass is 468 g/mol. The molecule has 9 heteroatoms. The number of nitrogens with one attached hydrogen (secondary N) is 2. The number of halogens is 3. The summed E-state index contributed by atoms with van der Waals surface area (Å²) in [5.41, 5.74) is 1.90. The maximum Gasteiger partial charge on any atom is 0.261 e. The highest BCUT2D eigenvalue weighted by atomic mass is 35.5. The third-order valence-corrected chi connectivity index (χ3v) is 6.21. The molecule has 0 saturated heterocycles. The lowest BCUT2D eigenvalue weighted by molar-refractivity contribution is 0.102. The zero-order valence-corrected chi connectivity index (χ0v) is 18.1. The number of amides is 1. The summed E-state index contributed by atoms with van der Waals surface area (Å²) >= 11 is 17.9. The van der Waals surface area contributed by atoms with Crippen LogP contribution in [-0.4, -0.2) is 14.3 Å². The van der Waals surface area contributed by atoms with E-state index in [0.717, 1.165) is 5.56 Å². The van der Waals surface area contributed by atoms with Crippen molar-refractivity contribution in [1.82, 2.24) is 0 Å². The molecule has 2 N–H and O–H groups in total. The summed E-state index contributed by atoms with van der Waals surface area (Å²) < 4.78 is 27.5. The van der Waals surface area contributed by atoms with E-state index in [1.54, 1.807) is 18.2 Å². The minimum atomic E-state index is -3.87. The van der Waals surface area contributed by atoms with Gasteiger partial charge in [0.15, 0.2) is 0 Å². The van der Waals surface area contributed by atoms with Gasteiger partial charge in [-0.15, -0.1) is 0 Å². The summed E-state index contributed by atoms with van der Waals surface area (Å²) in [5, 5.41) is 3.60. The molecular weight excluding hydrogens is 455 g/mol. The first-order chi connectivity index (χ1) is 13.7. The molecule has 0 aliphatic carbocycles. The molecule has 5 nitrogen and oxygen atoms in total. The van der Waals surface area contributed by atoms with Gasteiger partial charge < -0.3 is 5.32 Å². The Balaban J connectivity index is 1.76. The summed E-state index contributed by atoms with van der Waals surface area (Å²) in [6, 6.07) is 15.3. The van der Waals surface area contributed by atoms with E-state index < -0.39 is 15.9 Å². The molecule has 0 radical (unpaired) electrons. The molecule has 0 fully saturated rings. The van der Waals surface area contributed by atoms with Crippen LogP contribution in [-0.2, 0) is 10.0 Å². The highest BCUT2D eigenvalue weighted by molar-refractivity contribution is 7.92. The average Bonchev–Trinajstić information content (AvgIpc) is 2.64. The van der Waals surface area contributed by atoms with Gasteiger partial charge in [0.25, 0.3) is 15.9 Å². The molecule has 3 rings (SSSR count). The van der Waals surface area contributed by atoms with Crippen LogP contribution in [0.2, 0.25) is 15.1 Å². The Morgan fingerprint density at radius 1 is 0.862 bits per heavy atom. The van der Waals surface area contributed by atoms with E-state index in [4.69, 9.17) is 34.8 Å². The number of anilines is 2. The Labute approximate surface area is 183 Å². The third-order valence-electron chi connectivity index (χ3n) is 3.97. The third kappa shape index (κ3) is 5.22. The standard InChI is InChI=1S/C20H15Cl3N2O3S/c1-12-2-8-16(17(22)10-12)20(26)24-14-4-6-15(7-5-14)29(27,28)25-19-9-3-13(21)11-18(19)23/h2-11,25H,1H3,(H,24,26). The molecule has 0 unspecified atom stereocenters. The van der Waals surface area contributed by atoms with Crippen LogP contribution in [0.3, 0.4) is 0 Å². The molecule has 0 aromatic heterocycles. The smallest absolute Gasteiger partial charge is 0.261 e. The molecule has 1 amide bonds. The quantitative estimate of drug-likeness (QED) is 0.480. The Kier molecular flexibility index (Phi) is 6.39. The molecule has 3 aromatic carbocycles. The van der Waals surface area contributed by atoms with Gasteiger partial charge in [-0.05, 0) is 67.1 Å². The molecule has 0 bridgehead atoms. The lowest BCUT2D eigenvalue weighted by Gasteiger charge is -2.11. The predicted molar refractivity (Wildman–Crippen MR) is 118 cm³/mol. The van der Waals surface area contributed by atoms with E-state index in [1.165, 1.54) is 42.5 Å². The number of hydrogen-bond acceptors (Lipinski definition) is 3. The topological polar surface area (TPSA) is 75.3 Å². The predicted octanol–water partition coefficient (Wildman–Crippen LogP) is 6.01. The fraction of sp³-hybridized carbons (Fsp3) is 0.0500. The molecule has 0 aliphatic heterocycles. The molecule has 29 heavy (non-hydrogen) atoms. The van der Waals surface area contributed by atoms with Crippen molar-refractivity contribution in [2.75, 3.05) is 10.0 Å². The van der Waals surface area contributed by atoms with E-state index >= 15 is 0 Å². The van der Waals surface area contributed by atoms with Gasteiger partial charge in [0, 0.05) is 10.7 Å². The maximum atomic E-state index is 12.6. The number of benzene rings is 3. The van der Waals surface area contributed by atoms with E-state index in [1.807, 2.05) is 6.92 Å². The van der Waals surface area contributed by atoms with Gasteiger partial charge >= 0.3 is 0 Å². The van der Waals surface area contributed by atoms with Crippen molar-refractivity contribution < 1.29 is 13.2 Å². The van der Waals surface area contributed by atoms with Crippen LogP contribution in [0.25, 0.3) is 0 Å². The minimum Gasteiger partial charge on any atom is -0.322 e. The van der Waals surface area contributed by atoms with Crippen molar-refractivity contribution in [3.05, 3.63) is 86.9 Å². The molecule has 3 aromatic rings. The Morgan fingerprint density at radius 2 is 1.55 bits per heavy atom. The summed E-state index contributed by atoms with van der Waals surface area (Å²) in [4.78, 5) is 12.4. The van der Waals surface area contributed by atoms with Gasteiger partial charge in [0.1, 0.15) is 0 Å². The first-order valence-electron chi connectivity index (χ1n) is 8.31. The second-order valence-corrected chi connectivity index (χ2v) is 9.12. The van der Waals surface area contributed by atoms with Crippen LogP contribution < -0.4 is 10.0 Å². The zero-order chi connectivity index (χ0) is 21.2. The Morgan fingerprint density at radius 3 is 2.17 bits per heavy atom. The van der Waals surface area contributed by atoms with E-state index in [9.17, 15) is 13.2 Å². The normalized spacial score (nSPS) is 11.2. The lowest BCUT2D eigenvalue weighted by atomic mass is 10.1. The van der Waals surface area contributed by atoms with Crippen molar-refractivity contribution in [2.24, 2.45) is 0 Å². The van der Waals surface area contributed by atoms with Gasteiger partial charge in [0.05, 0.1) is 26.2 Å². The number of carbonyl (C=O) groups is 1. The van der Waals surface area contributed by atoms with Crippen molar-refractivity contribution in [2.45, 2.75) is 11.8 Å². The van der Waals surface area contributed by atoms with Gasteiger partial charge in [-0.1, -0.05) is 40.9 Å². The SMILES string of the molecule is Cc1ccc(C(=O)Nc2ccc(S(=O)(=O)Nc3ccc(Cl)cc3Cl)cc2)c(Cl)c1. The first-order valence-corrected chi connectivity index (χ1v) is 10.9. The highest BCUT2D eigenvalue weighted by Crippen LogP contribution is 2.28. The second kappa shape index (κ2) is 8.63. The molecule has 0 saturated carbocycles. The van der Waals surface area contributed by atoms with Gasteiger partial charge in [-0.2, -0.15) is 0 Å². The minimum absolute atomic E-state index is 0.00915. The molecule has 0 heterocycles. The summed E-state index contributed by atoms with van der Waals surface area (Å²) in [7, 11) is -3.87. The summed E-state index contributed by atoms with van der Waals surface area (Å²) in [5.74, 6) is -0.392. The fourth-order valence-electron chi connectivity index (χ4n) is 2.50. The van der Waals surface area contributed by atoms with Gasteiger partial charge in [-0.25, -0.2) is 8.42 Å². The molecular formula is C20H15Cl3N2O3S. The number of carbonyl (C=O) groups excluding carboxylic acids is 1. The van der Waals surface area contributed by atoms with Crippen LogP contribution >= 0.6 is 34.8 Å². The van der Waals surface area contributed by atoms with Gasteiger partial charge in [0.2, 0.25) is 0 Å². The highest BCUT2D eigenvalue weighted by Gasteiger charge is 2.17. The number of sulfonamides is 1. The van der Waals surface area contributed by atoms with E-state index in [2.05, 4.69) is 10.0 Å². The van der Waals surface area contributed by atoms with Crippen LogP contribution in [0.15, 0.2) is 65.6 Å². The van der Waals surface area contributed by atoms with Crippen LogP contribution in [0.4, 0.5) is 11.4 Å². The Bertz CT molecular complexity index is 1180. The average molecular weight is 470 g/mol. The van der Waals surface area contributed by atoms with Crippen LogP contribution in [0.1, 0.15) is 15.9 Å². The zero-order valence-electron chi connectivity index (χ0n) is 15.0. The van der Waals surface area contributed by atoms with Gasteiger partial charge in [-0.3, -0.25) is 9.52 Å². The molecule has 0 atom stereocenters. The number of aryl methyl sites for hydroxylation is 1. The Hall–Kier alpha value is -2.25. The van der Waals surface area contributed by atoms with E-state index in [0.29, 0.717) is 21.3 Å². The number of hydrogen-bond donors (Lipinski definition) is 2. The first kappa shape index (κ1) is 21.5. The summed E-state index contributed by atoms with van der Waals surface area (Å²) in [6.45, 7) is 1.87. The molecule has 150 valence electrons. The van der Waals surface area contributed by atoms with Crippen molar-refractivity contribution in [1.29, 1.82) is 0 Å². The van der Waals surface area contributed by atoms with Crippen molar-refractivity contribution >= 4 is 62.1 Å². The fourth-order valence-corrected chi connectivity index (χ4v) is 4.41. The molecule has 0 spiro atoms. The van der Waals surface area contributed by atoms with Crippen molar-refractivity contribution in [3.8, 4) is 0 Å². The van der Waals surface area contributed by atoms with E-state index in [-0.39, 0.29) is 15.6 Å². The number of rotatable bonds is 5. The second-order valence-electron chi connectivity index (χ2n) is 6.19.